The maximum Gasteiger partial charge on any atom is 0.317 e. The second-order valence-corrected chi connectivity index (χ2v) is 1.91. The molecule has 0 aliphatic rings. The molecule has 0 fully saturated rings. The Morgan fingerprint density at radius 2 is 2.00 bits per heavy atom. The van der Waals surface area contributed by atoms with Crippen LogP contribution >= 0.6 is 0 Å². The van der Waals surface area contributed by atoms with Crippen molar-refractivity contribution in [2.45, 2.75) is 5.94 Å². The Morgan fingerprint density at radius 3 is 2.40 bits per heavy atom. The molecule has 0 spiro atoms. The highest BCUT2D eigenvalue weighted by molar-refractivity contribution is 6.20. The molecule has 1 atom stereocenters. The van der Waals surface area contributed by atoms with Crippen molar-refractivity contribution in [2.24, 2.45) is 0 Å². The molecule has 0 bridgehead atoms. The predicted molar refractivity (Wildman–Crippen MR) is 36.9 cm³/mol. The molecular formula is C6H6BNO2. The van der Waals surface area contributed by atoms with E-state index in [0.717, 1.165) is 0 Å². The van der Waals surface area contributed by atoms with Gasteiger partial charge in [-0.2, -0.15) is 0 Å². The molecule has 0 amide bonds. The topological polar surface area (TPSA) is 42.2 Å². The van der Waals surface area contributed by atoms with Crippen molar-refractivity contribution in [3.63, 3.8) is 0 Å². The highest BCUT2D eigenvalue weighted by Crippen LogP contribution is 2.00. The molecule has 1 rings (SSSR count). The molecule has 50 valence electrons. The summed E-state index contributed by atoms with van der Waals surface area (Å²) < 4.78 is 1.42. The molecule has 1 unspecified atom stereocenters. The summed E-state index contributed by atoms with van der Waals surface area (Å²) in [7, 11) is 5.25. The van der Waals surface area contributed by atoms with E-state index in [1.54, 1.807) is 24.5 Å². The van der Waals surface area contributed by atoms with Crippen molar-refractivity contribution in [2.75, 3.05) is 0 Å². The van der Waals surface area contributed by atoms with Crippen LogP contribution < -0.4 is 0 Å². The maximum absolute atomic E-state index is 10.3. The lowest BCUT2D eigenvalue weighted by molar-refractivity contribution is -0.138. The van der Waals surface area contributed by atoms with Crippen LogP contribution in [-0.2, 0) is 4.79 Å². The number of carboxylic acid groups (broad SMARTS) is 1. The Morgan fingerprint density at radius 1 is 1.50 bits per heavy atom. The summed E-state index contributed by atoms with van der Waals surface area (Å²) in [5.74, 6) is -1.99. The van der Waals surface area contributed by atoms with Crippen LogP contribution in [0.3, 0.4) is 0 Å². The molecular weight excluding hydrogens is 129 g/mol. The second-order valence-electron chi connectivity index (χ2n) is 1.91. The van der Waals surface area contributed by atoms with E-state index in [1.165, 1.54) is 4.57 Å². The molecule has 1 aromatic heterocycles. The van der Waals surface area contributed by atoms with Crippen LogP contribution in [0.15, 0.2) is 24.5 Å². The molecule has 4 heteroatoms. The van der Waals surface area contributed by atoms with Crippen LogP contribution in [0.25, 0.3) is 0 Å². The zero-order valence-corrected chi connectivity index (χ0v) is 5.27. The molecule has 3 nitrogen and oxygen atoms in total. The van der Waals surface area contributed by atoms with Gasteiger partial charge in [-0.05, 0) is 12.1 Å². The summed E-state index contributed by atoms with van der Waals surface area (Å²) in [5, 5.41) is 8.41. The number of hydrogen-bond acceptors (Lipinski definition) is 1. The maximum atomic E-state index is 10.3. The zero-order chi connectivity index (χ0) is 7.56. The summed E-state index contributed by atoms with van der Waals surface area (Å²) in [4.78, 5) is 10.3. The summed E-state index contributed by atoms with van der Waals surface area (Å²) in [5.41, 5.74) is 0. The third kappa shape index (κ3) is 1.21. The van der Waals surface area contributed by atoms with Crippen LogP contribution in [0, 0.1) is 0 Å². The molecule has 0 saturated carbocycles. The lowest BCUT2D eigenvalue weighted by Gasteiger charge is -2.06. The number of hydrogen-bond donors (Lipinski definition) is 1. The van der Waals surface area contributed by atoms with E-state index in [4.69, 9.17) is 13.0 Å². The Balaban J connectivity index is 2.77. The number of aliphatic carboxylic acids is 1. The van der Waals surface area contributed by atoms with Gasteiger partial charge in [-0.1, -0.05) is 0 Å². The Hall–Kier alpha value is -1.19. The molecule has 1 heterocycles. The first-order chi connectivity index (χ1) is 4.72. The summed E-state index contributed by atoms with van der Waals surface area (Å²) in [6, 6.07) is 3.45. The quantitative estimate of drug-likeness (QED) is 0.590. The van der Waals surface area contributed by atoms with Crippen LogP contribution in [-0.4, -0.2) is 23.5 Å². The third-order valence-corrected chi connectivity index (χ3v) is 1.20. The van der Waals surface area contributed by atoms with Crippen LogP contribution in [0.4, 0.5) is 0 Å². The fourth-order valence-corrected chi connectivity index (χ4v) is 0.661. The van der Waals surface area contributed by atoms with Gasteiger partial charge in [-0.3, -0.25) is 4.79 Å². The average molecular weight is 135 g/mol. The van der Waals surface area contributed by atoms with E-state index in [0.29, 0.717) is 0 Å². The fourth-order valence-electron chi connectivity index (χ4n) is 0.661. The summed E-state index contributed by atoms with van der Waals surface area (Å²) >= 11 is 0. The van der Waals surface area contributed by atoms with Crippen molar-refractivity contribution < 1.29 is 9.90 Å². The van der Waals surface area contributed by atoms with Crippen LogP contribution in [0.1, 0.15) is 5.94 Å². The Bertz CT molecular complexity index is 220. The van der Waals surface area contributed by atoms with E-state index < -0.39 is 11.9 Å². The first-order valence-corrected chi connectivity index (χ1v) is 2.82. The van der Waals surface area contributed by atoms with Gasteiger partial charge in [0.15, 0.2) is 0 Å². The van der Waals surface area contributed by atoms with Gasteiger partial charge < -0.3 is 9.67 Å². The monoisotopic (exact) mass is 135 g/mol. The van der Waals surface area contributed by atoms with Gasteiger partial charge in [0.05, 0.1) is 5.94 Å². The first-order valence-electron chi connectivity index (χ1n) is 2.82. The van der Waals surface area contributed by atoms with Crippen molar-refractivity contribution in [1.82, 2.24) is 4.57 Å². The van der Waals surface area contributed by atoms with E-state index in [9.17, 15) is 4.79 Å². The number of nitrogens with zero attached hydrogens (tertiary/aromatic N) is 1. The van der Waals surface area contributed by atoms with Crippen molar-refractivity contribution in [1.29, 1.82) is 0 Å². The largest absolute Gasteiger partial charge is 0.480 e. The van der Waals surface area contributed by atoms with Crippen molar-refractivity contribution in [3.05, 3.63) is 24.5 Å². The van der Waals surface area contributed by atoms with Crippen LogP contribution in [0.2, 0.25) is 0 Å². The molecule has 0 saturated heterocycles. The standard InChI is InChI=1S/C6H6BNO2/c7-5(6(9)10)8-3-1-2-4-8/h1-5H,(H,9,10). The number of rotatable bonds is 2. The summed E-state index contributed by atoms with van der Waals surface area (Å²) in [6.45, 7) is 0. The third-order valence-electron chi connectivity index (χ3n) is 1.20. The smallest absolute Gasteiger partial charge is 0.317 e. The van der Waals surface area contributed by atoms with E-state index in [2.05, 4.69) is 0 Å². The predicted octanol–water partition coefficient (Wildman–Crippen LogP) is 0.240. The van der Waals surface area contributed by atoms with Gasteiger partial charge in [0.2, 0.25) is 0 Å². The van der Waals surface area contributed by atoms with E-state index in [-0.39, 0.29) is 0 Å². The Labute approximate surface area is 59.7 Å². The van der Waals surface area contributed by atoms with E-state index in [1.807, 2.05) is 0 Å². The molecule has 0 aliphatic carbocycles. The number of carbonyl (C=O) groups is 1. The minimum Gasteiger partial charge on any atom is -0.480 e. The lowest BCUT2D eigenvalue weighted by atomic mass is 9.97. The normalized spacial score (nSPS) is 12.8. The Kier molecular flexibility index (Phi) is 1.80. The SMILES string of the molecule is [B]C(C(=O)O)n1cccc1. The van der Waals surface area contributed by atoms with E-state index >= 15 is 0 Å². The molecule has 1 N–H and O–H groups in total. The summed E-state index contributed by atoms with van der Waals surface area (Å²) in [6.07, 6.45) is 3.22. The first kappa shape index (κ1) is 6.93. The minimum atomic E-state index is -1.03. The van der Waals surface area contributed by atoms with Crippen LogP contribution in [0.5, 0.6) is 0 Å². The van der Waals surface area contributed by atoms with Gasteiger partial charge in [-0.15, -0.1) is 0 Å². The molecule has 0 aromatic carbocycles. The number of aromatic nitrogens is 1. The lowest BCUT2D eigenvalue weighted by Crippen LogP contribution is -2.17. The molecule has 0 aliphatic heterocycles. The van der Waals surface area contributed by atoms with Gasteiger partial charge in [0.25, 0.3) is 0 Å². The zero-order valence-electron chi connectivity index (χ0n) is 5.27. The van der Waals surface area contributed by atoms with Gasteiger partial charge >= 0.3 is 5.97 Å². The highest BCUT2D eigenvalue weighted by Gasteiger charge is 2.09. The fraction of sp³-hybridized carbons (Fsp3) is 0.167. The molecule has 2 radical (unpaired) electrons. The van der Waals surface area contributed by atoms with Crippen molar-refractivity contribution in [3.8, 4) is 0 Å². The molecule has 10 heavy (non-hydrogen) atoms. The van der Waals surface area contributed by atoms with Gasteiger partial charge in [0.1, 0.15) is 7.85 Å². The molecule has 1 aromatic rings. The highest BCUT2D eigenvalue weighted by atomic mass is 16.4. The minimum absolute atomic E-state index is 0.963. The van der Waals surface area contributed by atoms with Gasteiger partial charge in [-0.25, -0.2) is 0 Å². The number of carboxylic acids is 1. The average Bonchev–Trinajstić information content (AvgIpc) is 2.36. The second kappa shape index (κ2) is 2.60. The van der Waals surface area contributed by atoms with Gasteiger partial charge in [0, 0.05) is 12.4 Å². The van der Waals surface area contributed by atoms with Crippen molar-refractivity contribution >= 4 is 13.8 Å².